The maximum absolute atomic E-state index is 11.3. The van der Waals surface area contributed by atoms with Gasteiger partial charge in [0.2, 0.25) is 0 Å². The summed E-state index contributed by atoms with van der Waals surface area (Å²) in [5, 5.41) is 2.54. The zero-order chi connectivity index (χ0) is 12.7. The van der Waals surface area contributed by atoms with Crippen LogP contribution in [0.15, 0.2) is 24.3 Å². The summed E-state index contributed by atoms with van der Waals surface area (Å²) in [6.07, 6.45) is -0.980. The fraction of sp³-hybridized carbons (Fsp3) is 0.273. The molecule has 0 aromatic heterocycles. The Bertz CT molecular complexity index is 389. The van der Waals surface area contributed by atoms with Crippen LogP contribution in [0.5, 0.6) is 5.75 Å². The normalized spacial score (nSPS) is 9.47. The van der Waals surface area contributed by atoms with Crippen LogP contribution in [0, 0.1) is 0 Å². The first-order chi connectivity index (χ1) is 8.11. The number of ether oxygens (including phenoxy) is 2. The van der Waals surface area contributed by atoms with Gasteiger partial charge in [-0.2, -0.15) is 0 Å². The molecule has 0 aliphatic rings. The van der Waals surface area contributed by atoms with Gasteiger partial charge in [-0.25, -0.2) is 4.79 Å². The van der Waals surface area contributed by atoms with Crippen molar-refractivity contribution < 1.29 is 19.1 Å². The highest BCUT2D eigenvalue weighted by Gasteiger charge is 2.04. The number of hydrogen-bond donors (Lipinski definition) is 2. The lowest BCUT2D eigenvalue weighted by Gasteiger charge is -2.06. The third-order valence-corrected chi connectivity index (χ3v) is 1.79. The molecule has 0 saturated carbocycles. The topological polar surface area (TPSA) is 90.7 Å². The van der Waals surface area contributed by atoms with Crippen molar-refractivity contribution in [2.75, 3.05) is 18.5 Å². The van der Waals surface area contributed by atoms with Gasteiger partial charge in [0.15, 0.2) is 6.61 Å². The van der Waals surface area contributed by atoms with Gasteiger partial charge in [-0.15, -0.1) is 0 Å². The molecule has 0 bridgehead atoms. The average Bonchev–Trinajstić information content (AvgIpc) is 2.29. The molecule has 17 heavy (non-hydrogen) atoms. The summed E-state index contributed by atoms with van der Waals surface area (Å²) in [4.78, 5) is 21.5. The van der Waals surface area contributed by atoms with Crippen LogP contribution in [0.2, 0.25) is 0 Å². The molecule has 0 saturated heterocycles. The first-order valence-electron chi connectivity index (χ1n) is 5.06. The Morgan fingerprint density at radius 3 is 2.47 bits per heavy atom. The smallest absolute Gasteiger partial charge is 0.405 e. The Morgan fingerprint density at radius 2 is 1.94 bits per heavy atom. The van der Waals surface area contributed by atoms with Crippen molar-refractivity contribution in [2.45, 2.75) is 6.92 Å². The lowest BCUT2D eigenvalue weighted by molar-refractivity contribution is -0.118. The van der Waals surface area contributed by atoms with Crippen LogP contribution in [0.25, 0.3) is 0 Å². The molecule has 1 rings (SSSR count). The highest BCUT2D eigenvalue weighted by molar-refractivity contribution is 5.92. The summed E-state index contributed by atoms with van der Waals surface area (Å²) in [5.41, 5.74) is 5.32. The summed E-state index contributed by atoms with van der Waals surface area (Å²) >= 11 is 0. The van der Waals surface area contributed by atoms with E-state index in [2.05, 4.69) is 10.1 Å². The van der Waals surface area contributed by atoms with Crippen LogP contribution in [0.1, 0.15) is 6.92 Å². The number of benzene rings is 1. The highest BCUT2D eigenvalue weighted by Crippen LogP contribution is 2.15. The van der Waals surface area contributed by atoms with Crippen molar-refractivity contribution in [3.05, 3.63) is 24.3 Å². The fourth-order valence-electron chi connectivity index (χ4n) is 1.13. The van der Waals surface area contributed by atoms with Gasteiger partial charge >= 0.3 is 6.09 Å². The van der Waals surface area contributed by atoms with Crippen LogP contribution in [0.4, 0.5) is 10.5 Å². The van der Waals surface area contributed by atoms with Crippen molar-refractivity contribution in [2.24, 2.45) is 5.73 Å². The van der Waals surface area contributed by atoms with E-state index in [1.54, 1.807) is 24.3 Å². The van der Waals surface area contributed by atoms with E-state index in [9.17, 15) is 9.59 Å². The maximum Gasteiger partial charge on any atom is 0.405 e. The molecule has 2 amide bonds. The minimum Gasteiger partial charge on any atom is -0.494 e. The second-order valence-electron chi connectivity index (χ2n) is 3.11. The van der Waals surface area contributed by atoms with Crippen molar-refractivity contribution in [3.63, 3.8) is 0 Å². The number of rotatable bonds is 5. The molecule has 3 N–H and O–H groups in total. The van der Waals surface area contributed by atoms with Crippen LogP contribution >= 0.6 is 0 Å². The van der Waals surface area contributed by atoms with E-state index in [1.165, 1.54) is 0 Å². The van der Waals surface area contributed by atoms with Crippen molar-refractivity contribution in [1.82, 2.24) is 0 Å². The number of nitrogens with one attached hydrogen (secondary N) is 1. The average molecular weight is 238 g/mol. The molecule has 0 fully saturated rings. The first-order valence-corrected chi connectivity index (χ1v) is 5.06. The molecule has 0 spiro atoms. The second-order valence-corrected chi connectivity index (χ2v) is 3.11. The SMILES string of the molecule is CCOc1ccc(NC(=O)COC(N)=O)cc1. The minimum atomic E-state index is -0.980. The summed E-state index contributed by atoms with van der Waals surface area (Å²) < 4.78 is 9.59. The van der Waals surface area contributed by atoms with E-state index in [4.69, 9.17) is 10.5 Å². The first kappa shape index (κ1) is 12.8. The molecule has 6 heteroatoms. The Hall–Kier alpha value is -2.24. The van der Waals surface area contributed by atoms with Gasteiger partial charge in [0.05, 0.1) is 6.61 Å². The van der Waals surface area contributed by atoms with Crippen molar-refractivity contribution >= 4 is 17.7 Å². The number of primary amides is 1. The maximum atomic E-state index is 11.3. The summed E-state index contributed by atoms with van der Waals surface area (Å²) in [5.74, 6) is 0.270. The minimum absolute atomic E-state index is 0.400. The number of hydrogen-bond acceptors (Lipinski definition) is 4. The third-order valence-electron chi connectivity index (χ3n) is 1.79. The number of carbonyl (C=O) groups excluding carboxylic acids is 2. The van der Waals surface area contributed by atoms with E-state index in [1.807, 2.05) is 6.92 Å². The predicted molar refractivity (Wildman–Crippen MR) is 61.8 cm³/mol. The number of anilines is 1. The second kappa shape index (κ2) is 6.37. The van der Waals surface area contributed by atoms with Crippen molar-refractivity contribution in [3.8, 4) is 5.75 Å². The lowest BCUT2D eigenvalue weighted by atomic mass is 10.3. The third kappa shape index (κ3) is 4.87. The molecule has 1 aromatic carbocycles. The van der Waals surface area contributed by atoms with Crippen LogP contribution in [-0.4, -0.2) is 25.2 Å². The molecule has 0 atom stereocenters. The number of amides is 2. The molecule has 0 aliphatic heterocycles. The molecular weight excluding hydrogens is 224 g/mol. The summed E-state index contributed by atoms with van der Waals surface area (Å²) in [6, 6.07) is 6.84. The van der Waals surface area contributed by atoms with Crippen LogP contribution in [-0.2, 0) is 9.53 Å². The zero-order valence-corrected chi connectivity index (χ0v) is 9.43. The Kier molecular flexibility index (Phi) is 4.80. The number of carbonyl (C=O) groups is 2. The van der Waals surface area contributed by atoms with E-state index in [0.29, 0.717) is 12.3 Å². The number of nitrogens with two attached hydrogens (primary N) is 1. The van der Waals surface area contributed by atoms with Gasteiger partial charge in [0.1, 0.15) is 5.75 Å². The summed E-state index contributed by atoms with van der Waals surface area (Å²) in [6.45, 7) is 2.07. The largest absolute Gasteiger partial charge is 0.494 e. The van der Waals surface area contributed by atoms with E-state index in [-0.39, 0.29) is 0 Å². The standard InChI is InChI=1S/C11H14N2O4/c1-2-16-9-5-3-8(4-6-9)13-10(14)7-17-11(12)15/h3-6H,2,7H2,1H3,(H2,12,15)(H,13,14). The van der Waals surface area contributed by atoms with Gasteiger partial charge in [0, 0.05) is 5.69 Å². The predicted octanol–water partition coefficient (Wildman–Crippen LogP) is 1.12. The molecule has 0 unspecified atom stereocenters. The Morgan fingerprint density at radius 1 is 1.29 bits per heavy atom. The van der Waals surface area contributed by atoms with Gasteiger partial charge in [-0.1, -0.05) is 0 Å². The molecular formula is C11H14N2O4. The molecule has 92 valence electrons. The van der Waals surface area contributed by atoms with E-state index < -0.39 is 18.6 Å². The van der Waals surface area contributed by atoms with Gasteiger partial charge < -0.3 is 20.5 Å². The van der Waals surface area contributed by atoms with Gasteiger partial charge in [0.25, 0.3) is 5.91 Å². The molecule has 1 aromatic rings. The Labute approximate surface area is 98.7 Å². The van der Waals surface area contributed by atoms with E-state index in [0.717, 1.165) is 5.75 Å². The molecule has 0 radical (unpaired) electrons. The van der Waals surface area contributed by atoms with Crippen molar-refractivity contribution in [1.29, 1.82) is 0 Å². The van der Waals surface area contributed by atoms with Crippen LogP contribution in [0.3, 0.4) is 0 Å². The van der Waals surface area contributed by atoms with Gasteiger partial charge in [-0.3, -0.25) is 4.79 Å². The quantitative estimate of drug-likeness (QED) is 0.804. The van der Waals surface area contributed by atoms with Crippen LogP contribution < -0.4 is 15.8 Å². The molecule has 6 nitrogen and oxygen atoms in total. The monoisotopic (exact) mass is 238 g/mol. The Balaban J connectivity index is 2.45. The molecule has 0 aliphatic carbocycles. The van der Waals surface area contributed by atoms with Gasteiger partial charge in [-0.05, 0) is 31.2 Å². The zero-order valence-electron chi connectivity index (χ0n) is 9.43. The summed E-state index contributed by atoms with van der Waals surface area (Å²) in [7, 11) is 0. The van der Waals surface area contributed by atoms with E-state index >= 15 is 0 Å². The molecule has 0 heterocycles. The lowest BCUT2D eigenvalue weighted by Crippen LogP contribution is -2.23. The highest BCUT2D eigenvalue weighted by atomic mass is 16.5. The fourth-order valence-corrected chi connectivity index (χ4v) is 1.13.